The van der Waals surface area contributed by atoms with Crippen molar-refractivity contribution in [1.29, 1.82) is 0 Å². The number of nitrogens with zero attached hydrogens (tertiary/aromatic N) is 2. The van der Waals surface area contributed by atoms with Crippen LogP contribution in [0.5, 0.6) is 0 Å². The van der Waals surface area contributed by atoms with E-state index >= 15 is 0 Å². The van der Waals surface area contributed by atoms with E-state index in [-0.39, 0.29) is 24.9 Å². The van der Waals surface area contributed by atoms with Crippen LogP contribution >= 0.6 is 0 Å². The van der Waals surface area contributed by atoms with Gasteiger partial charge in [0, 0.05) is 52.1 Å². The summed E-state index contributed by atoms with van der Waals surface area (Å²) in [6.45, 7) is 6.17. The van der Waals surface area contributed by atoms with Crippen LogP contribution in [-0.4, -0.2) is 96.1 Å². The summed E-state index contributed by atoms with van der Waals surface area (Å²) in [5.74, 6) is -1.98. The van der Waals surface area contributed by atoms with Gasteiger partial charge in [0.2, 0.25) is 11.8 Å². The number of carboxylic acid groups (broad SMARTS) is 2. The Morgan fingerprint density at radius 3 is 1.05 bits per heavy atom. The average Bonchev–Trinajstić information content (AvgIpc) is 2.97. The summed E-state index contributed by atoms with van der Waals surface area (Å²) in [6, 6.07) is 0. The van der Waals surface area contributed by atoms with Crippen LogP contribution in [0.25, 0.3) is 0 Å². The first-order valence-corrected chi connectivity index (χ1v) is 17.7. The van der Waals surface area contributed by atoms with Gasteiger partial charge in [-0.25, -0.2) is 0 Å². The number of rotatable bonds is 33. The van der Waals surface area contributed by atoms with Gasteiger partial charge in [0.05, 0.1) is 13.1 Å². The van der Waals surface area contributed by atoms with Crippen molar-refractivity contribution in [3.8, 4) is 0 Å². The summed E-state index contributed by atoms with van der Waals surface area (Å²) in [5, 5.41) is 24.4. The minimum atomic E-state index is -0.973. The maximum absolute atomic E-state index is 12.2. The fraction of sp³-hybridized carbons (Fsp3) is 0.882. The maximum atomic E-state index is 12.2. The third-order valence-corrected chi connectivity index (χ3v) is 7.97. The Balaban J connectivity index is 4.23. The Hall–Kier alpha value is -2.20. The van der Waals surface area contributed by atoms with Crippen LogP contribution in [0.4, 0.5) is 0 Å². The number of hydrogen-bond donors (Lipinski definition) is 4. The number of nitrogens with one attached hydrogen (secondary N) is 2. The summed E-state index contributed by atoms with van der Waals surface area (Å²) in [7, 11) is 0. The van der Waals surface area contributed by atoms with Gasteiger partial charge in [-0.1, -0.05) is 117 Å². The summed E-state index contributed by atoms with van der Waals surface area (Å²) in [4.78, 5) is 50.6. The first-order chi connectivity index (χ1) is 21.3. The molecule has 0 aliphatic carbocycles. The van der Waals surface area contributed by atoms with Crippen LogP contribution in [0.1, 0.15) is 142 Å². The first kappa shape index (κ1) is 41.8. The van der Waals surface area contributed by atoms with E-state index in [2.05, 4.69) is 24.5 Å². The predicted molar refractivity (Wildman–Crippen MR) is 178 cm³/mol. The molecule has 0 spiro atoms. The van der Waals surface area contributed by atoms with E-state index in [0.717, 1.165) is 38.5 Å². The minimum Gasteiger partial charge on any atom is -0.480 e. The molecular formula is C34H66N4O6. The van der Waals surface area contributed by atoms with Gasteiger partial charge in [-0.2, -0.15) is 0 Å². The highest BCUT2D eigenvalue weighted by atomic mass is 16.4. The molecule has 0 heterocycles. The van der Waals surface area contributed by atoms with Crippen LogP contribution < -0.4 is 10.6 Å². The van der Waals surface area contributed by atoms with Gasteiger partial charge < -0.3 is 20.8 Å². The molecule has 0 atom stereocenters. The zero-order chi connectivity index (χ0) is 32.7. The van der Waals surface area contributed by atoms with Gasteiger partial charge in [0.25, 0.3) is 0 Å². The van der Waals surface area contributed by atoms with Crippen LogP contribution in [0.3, 0.4) is 0 Å². The van der Waals surface area contributed by atoms with Gasteiger partial charge in [-0.05, 0) is 12.8 Å². The topological polar surface area (TPSA) is 139 Å². The molecule has 2 amide bonds. The normalized spacial score (nSPS) is 11.3. The van der Waals surface area contributed by atoms with Gasteiger partial charge in [-0.15, -0.1) is 0 Å². The van der Waals surface area contributed by atoms with Gasteiger partial charge in [0.15, 0.2) is 0 Å². The van der Waals surface area contributed by atoms with Crippen molar-refractivity contribution in [2.75, 3.05) is 52.4 Å². The number of aliphatic carboxylic acids is 2. The van der Waals surface area contributed by atoms with Crippen LogP contribution in [-0.2, 0) is 19.2 Å². The molecule has 0 aromatic heterocycles. The van der Waals surface area contributed by atoms with Crippen molar-refractivity contribution < 1.29 is 29.4 Å². The molecule has 0 aromatic carbocycles. The number of carbonyl (C=O) groups is 4. The van der Waals surface area contributed by atoms with Crippen molar-refractivity contribution >= 4 is 23.8 Å². The lowest BCUT2D eigenvalue weighted by atomic mass is 10.1. The van der Waals surface area contributed by atoms with E-state index < -0.39 is 11.9 Å². The largest absolute Gasteiger partial charge is 0.480 e. The van der Waals surface area contributed by atoms with Crippen LogP contribution in [0.2, 0.25) is 0 Å². The van der Waals surface area contributed by atoms with Crippen molar-refractivity contribution in [2.24, 2.45) is 0 Å². The van der Waals surface area contributed by atoms with Gasteiger partial charge in [0.1, 0.15) is 0 Å². The Morgan fingerprint density at radius 2 is 0.750 bits per heavy atom. The zero-order valence-corrected chi connectivity index (χ0v) is 28.2. The number of amides is 2. The second-order valence-corrected chi connectivity index (χ2v) is 12.2. The highest BCUT2D eigenvalue weighted by Crippen LogP contribution is 2.11. The van der Waals surface area contributed by atoms with Crippen molar-refractivity contribution in [2.45, 2.75) is 142 Å². The Labute approximate surface area is 268 Å². The standard InChI is InChI=1S/C34H66N4O6/c1-3-5-7-9-11-13-15-17-19-21-31(39)35-23-25-37(29-33(41)42)27-28-38(30-34(43)44)26-24-36-32(40)22-20-18-16-14-12-10-8-6-4-2/h3-30H2,1-2H3,(H,35,39)(H,36,40)(H,41,42)(H,43,44). The van der Waals surface area contributed by atoms with E-state index in [0.29, 0.717) is 52.1 Å². The molecule has 4 N–H and O–H groups in total. The average molecular weight is 627 g/mol. The SMILES string of the molecule is CCCCCCCCCCCC(=O)NCCN(CCN(CCNC(=O)CCCCCCCCCCC)CC(=O)O)CC(=O)O. The molecule has 258 valence electrons. The van der Waals surface area contributed by atoms with Crippen LogP contribution in [0.15, 0.2) is 0 Å². The van der Waals surface area contributed by atoms with Gasteiger partial charge in [-0.3, -0.25) is 29.0 Å². The molecule has 0 aromatic rings. The lowest BCUT2D eigenvalue weighted by Crippen LogP contribution is -2.44. The molecule has 0 bridgehead atoms. The Morgan fingerprint density at radius 1 is 0.455 bits per heavy atom. The van der Waals surface area contributed by atoms with Crippen molar-refractivity contribution in [1.82, 2.24) is 20.4 Å². The lowest BCUT2D eigenvalue weighted by molar-refractivity contribution is -0.140. The summed E-state index contributed by atoms with van der Waals surface area (Å²) in [6.07, 6.45) is 22.4. The van der Waals surface area contributed by atoms with E-state index in [1.165, 1.54) is 77.0 Å². The molecule has 10 nitrogen and oxygen atoms in total. The number of hydrogen-bond acceptors (Lipinski definition) is 6. The number of unbranched alkanes of at least 4 members (excludes halogenated alkanes) is 16. The molecular weight excluding hydrogens is 560 g/mol. The first-order valence-electron chi connectivity index (χ1n) is 17.7. The Kier molecular flexibility index (Phi) is 29.3. The van der Waals surface area contributed by atoms with Crippen molar-refractivity contribution in [3.63, 3.8) is 0 Å². The molecule has 0 aliphatic heterocycles. The molecule has 0 fully saturated rings. The van der Waals surface area contributed by atoms with Gasteiger partial charge >= 0.3 is 11.9 Å². The monoisotopic (exact) mass is 626 g/mol. The van der Waals surface area contributed by atoms with Crippen molar-refractivity contribution in [3.05, 3.63) is 0 Å². The molecule has 44 heavy (non-hydrogen) atoms. The smallest absolute Gasteiger partial charge is 0.317 e. The molecule has 0 unspecified atom stereocenters. The van der Waals surface area contributed by atoms with E-state index in [4.69, 9.17) is 0 Å². The number of carbonyl (C=O) groups excluding carboxylic acids is 2. The molecule has 0 rings (SSSR count). The quantitative estimate of drug-likeness (QED) is 0.0667. The molecule has 0 aliphatic rings. The summed E-state index contributed by atoms with van der Waals surface area (Å²) >= 11 is 0. The predicted octanol–water partition coefficient (Wildman–Crippen LogP) is 5.83. The third kappa shape index (κ3) is 29.9. The summed E-state index contributed by atoms with van der Waals surface area (Å²) < 4.78 is 0. The highest BCUT2D eigenvalue weighted by Gasteiger charge is 2.15. The maximum Gasteiger partial charge on any atom is 0.317 e. The molecule has 0 saturated carbocycles. The van der Waals surface area contributed by atoms with E-state index in [1.807, 2.05) is 0 Å². The van der Waals surface area contributed by atoms with Crippen LogP contribution in [0, 0.1) is 0 Å². The molecule has 10 heteroatoms. The van der Waals surface area contributed by atoms with E-state index in [1.54, 1.807) is 9.80 Å². The Bertz CT molecular complexity index is 677. The molecule has 0 radical (unpaired) electrons. The highest BCUT2D eigenvalue weighted by molar-refractivity contribution is 5.76. The number of carboxylic acids is 2. The second kappa shape index (κ2) is 30.8. The fourth-order valence-corrected chi connectivity index (χ4v) is 5.28. The lowest BCUT2D eigenvalue weighted by Gasteiger charge is -2.26. The third-order valence-electron chi connectivity index (χ3n) is 7.97. The zero-order valence-electron chi connectivity index (χ0n) is 28.2. The minimum absolute atomic E-state index is 0.0196. The molecule has 0 saturated heterocycles. The fourth-order valence-electron chi connectivity index (χ4n) is 5.28. The summed E-state index contributed by atoms with van der Waals surface area (Å²) in [5.41, 5.74) is 0. The second-order valence-electron chi connectivity index (χ2n) is 12.2. The van der Waals surface area contributed by atoms with E-state index in [9.17, 15) is 29.4 Å².